The van der Waals surface area contributed by atoms with Crippen molar-refractivity contribution < 1.29 is 22.7 Å². The number of hydrogen-bond donors (Lipinski definition) is 1. The number of nitrogens with zero attached hydrogens (tertiary/aromatic N) is 2. The Bertz CT molecular complexity index is 787. The van der Waals surface area contributed by atoms with Gasteiger partial charge in [0.05, 0.1) is 23.3 Å². The van der Waals surface area contributed by atoms with Gasteiger partial charge < -0.3 is 10.1 Å². The minimum atomic E-state index is -4.44. The highest BCUT2D eigenvalue weighted by atomic mass is 19.4. The number of carbonyl (C=O) groups excluding carboxylic acids is 1. The molecule has 1 aliphatic carbocycles. The number of esters is 1. The highest BCUT2D eigenvalue weighted by Crippen LogP contribution is 2.47. The molecule has 0 radical (unpaired) electrons. The van der Waals surface area contributed by atoms with Gasteiger partial charge in [-0.2, -0.15) is 13.2 Å². The highest BCUT2D eigenvalue weighted by molar-refractivity contribution is 5.88. The van der Waals surface area contributed by atoms with Crippen molar-refractivity contribution in [1.29, 1.82) is 0 Å². The minimum Gasteiger partial charge on any atom is -0.462 e. The fourth-order valence-electron chi connectivity index (χ4n) is 3.07. The van der Waals surface area contributed by atoms with Crippen LogP contribution in [0.4, 0.5) is 19.1 Å². The second kappa shape index (κ2) is 6.93. The van der Waals surface area contributed by atoms with E-state index in [-0.39, 0.29) is 23.7 Å². The van der Waals surface area contributed by atoms with Crippen molar-refractivity contribution in [2.24, 2.45) is 0 Å². The molecule has 0 saturated heterocycles. The summed E-state index contributed by atoms with van der Waals surface area (Å²) in [4.78, 5) is 19.8. The Morgan fingerprint density at radius 3 is 2.42 bits per heavy atom. The van der Waals surface area contributed by atoms with Crippen LogP contribution >= 0.6 is 0 Å². The predicted molar refractivity (Wildman–Crippen MR) is 88.6 cm³/mol. The summed E-state index contributed by atoms with van der Waals surface area (Å²) in [6.45, 7) is 1.92. The Morgan fingerprint density at radius 1 is 1.23 bits per heavy atom. The lowest BCUT2D eigenvalue weighted by Crippen LogP contribution is -2.44. The molecule has 1 aliphatic rings. The van der Waals surface area contributed by atoms with Gasteiger partial charge >= 0.3 is 12.1 Å². The number of anilines is 1. The average molecular weight is 365 g/mol. The topological polar surface area (TPSA) is 64.1 Å². The molecule has 5 nitrogen and oxygen atoms in total. The van der Waals surface area contributed by atoms with E-state index in [0.717, 1.165) is 12.5 Å². The molecule has 0 bridgehead atoms. The zero-order valence-corrected chi connectivity index (χ0v) is 14.1. The molecule has 1 fully saturated rings. The van der Waals surface area contributed by atoms with Gasteiger partial charge in [0.15, 0.2) is 0 Å². The van der Waals surface area contributed by atoms with Crippen LogP contribution in [0.3, 0.4) is 0 Å². The average Bonchev–Trinajstić information content (AvgIpc) is 2.58. The summed E-state index contributed by atoms with van der Waals surface area (Å²) in [5, 5.41) is 3.04. The number of rotatable bonds is 5. The Kier molecular flexibility index (Phi) is 4.84. The van der Waals surface area contributed by atoms with E-state index in [1.807, 2.05) is 0 Å². The van der Waals surface area contributed by atoms with Crippen LogP contribution in [0.1, 0.15) is 47.7 Å². The van der Waals surface area contributed by atoms with E-state index in [9.17, 15) is 18.0 Å². The SMILES string of the molecule is CCOC(=O)c1cnc(NC2(c3ccccc3C(F)(F)F)CCC2)nc1. The van der Waals surface area contributed by atoms with Gasteiger partial charge in [-0.3, -0.25) is 0 Å². The number of nitrogens with one attached hydrogen (secondary N) is 1. The van der Waals surface area contributed by atoms with Crippen LogP contribution in [0, 0.1) is 0 Å². The number of benzene rings is 1. The number of aromatic nitrogens is 2. The maximum absolute atomic E-state index is 13.4. The lowest BCUT2D eigenvalue weighted by molar-refractivity contribution is -0.139. The van der Waals surface area contributed by atoms with Gasteiger partial charge in [-0.25, -0.2) is 14.8 Å². The molecule has 0 aliphatic heterocycles. The highest BCUT2D eigenvalue weighted by Gasteiger charge is 2.45. The van der Waals surface area contributed by atoms with Gasteiger partial charge in [0.1, 0.15) is 0 Å². The molecular formula is C18H18F3N3O2. The molecule has 26 heavy (non-hydrogen) atoms. The molecule has 8 heteroatoms. The Labute approximate surface area is 148 Å². The fraction of sp³-hybridized carbons (Fsp3) is 0.389. The number of carbonyl (C=O) groups is 1. The van der Waals surface area contributed by atoms with E-state index < -0.39 is 23.2 Å². The molecule has 0 amide bonds. The summed E-state index contributed by atoms with van der Waals surface area (Å²) >= 11 is 0. The molecule has 1 heterocycles. The molecule has 1 saturated carbocycles. The van der Waals surface area contributed by atoms with Gasteiger partial charge in [0, 0.05) is 12.4 Å². The first-order valence-corrected chi connectivity index (χ1v) is 8.30. The summed E-state index contributed by atoms with van der Waals surface area (Å²) in [5.74, 6) is -0.366. The van der Waals surface area contributed by atoms with E-state index in [4.69, 9.17) is 4.74 Å². The maximum atomic E-state index is 13.4. The lowest BCUT2D eigenvalue weighted by Gasteiger charge is -2.44. The van der Waals surface area contributed by atoms with E-state index in [2.05, 4.69) is 15.3 Å². The number of alkyl halides is 3. The maximum Gasteiger partial charge on any atom is 0.416 e. The van der Waals surface area contributed by atoms with Crippen LogP contribution in [0.15, 0.2) is 36.7 Å². The summed E-state index contributed by atoms with van der Waals surface area (Å²) in [6.07, 6.45) is 0.0620. The summed E-state index contributed by atoms with van der Waals surface area (Å²) in [6, 6.07) is 5.55. The zero-order valence-electron chi connectivity index (χ0n) is 14.1. The second-order valence-corrected chi connectivity index (χ2v) is 6.12. The quantitative estimate of drug-likeness (QED) is 0.806. The van der Waals surface area contributed by atoms with Crippen molar-refractivity contribution >= 4 is 11.9 Å². The molecule has 0 spiro atoms. The second-order valence-electron chi connectivity index (χ2n) is 6.12. The standard InChI is InChI=1S/C18H18F3N3O2/c1-2-26-15(25)12-10-22-16(23-11-12)24-17(8-5-9-17)13-6-3-4-7-14(13)18(19,20)21/h3-4,6-7,10-11H,2,5,8-9H2,1H3,(H,22,23,24). The normalized spacial score (nSPS) is 15.8. The van der Waals surface area contributed by atoms with Crippen molar-refractivity contribution in [2.75, 3.05) is 11.9 Å². The number of hydrogen-bond acceptors (Lipinski definition) is 5. The van der Waals surface area contributed by atoms with Crippen LogP contribution in [0.5, 0.6) is 0 Å². The van der Waals surface area contributed by atoms with Gasteiger partial charge in [-0.1, -0.05) is 18.2 Å². The fourth-order valence-corrected chi connectivity index (χ4v) is 3.07. The number of halogens is 3. The Balaban J connectivity index is 1.87. The molecule has 1 aromatic heterocycles. The van der Waals surface area contributed by atoms with Gasteiger partial charge in [0.2, 0.25) is 5.95 Å². The van der Waals surface area contributed by atoms with E-state index in [1.54, 1.807) is 13.0 Å². The third kappa shape index (κ3) is 3.49. The largest absolute Gasteiger partial charge is 0.462 e. The molecule has 138 valence electrons. The summed E-state index contributed by atoms with van der Waals surface area (Å²) < 4.78 is 45.0. The van der Waals surface area contributed by atoms with E-state index in [1.165, 1.54) is 24.5 Å². The Morgan fingerprint density at radius 2 is 1.88 bits per heavy atom. The van der Waals surface area contributed by atoms with Crippen molar-refractivity contribution in [3.63, 3.8) is 0 Å². The molecule has 0 atom stereocenters. The monoisotopic (exact) mass is 365 g/mol. The smallest absolute Gasteiger partial charge is 0.416 e. The first kappa shape index (κ1) is 18.2. The molecule has 2 aromatic rings. The lowest BCUT2D eigenvalue weighted by atomic mass is 9.70. The Hall–Kier alpha value is -2.64. The molecular weight excluding hydrogens is 347 g/mol. The molecule has 0 unspecified atom stereocenters. The summed E-state index contributed by atoms with van der Waals surface area (Å²) in [5.41, 5.74) is -1.14. The van der Waals surface area contributed by atoms with E-state index >= 15 is 0 Å². The van der Waals surface area contributed by atoms with Crippen LogP contribution in [0.25, 0.3) is 0 Å². The summed E-state index contributed by atoms with van der Waals surface area (Å²) in [7, 11) is 0. The minimum absolute atomic E-state index is 0.176. The zero-order chi connectivity index (χ0) is 18.8. The molecule has 1 aromatic carbocycles. The molecule has 1 N–H and O–H groups in total. The first-order chi connectivity index (χ1) is 12.4. The predicted octanol–water partition coefficient (Wildman–Crippen LogP) is 4.16. The third-order valence-electron chi connectivity index (χ3n) is 4.47. The van der Waals surface area contributed by atoms with Gasteiger partial charge in [0.25, 0.3) is 0 Å². The first-order valence-electron chi connectivity index (χ1n) is 8.30. The van der Waals surface area contributed by atoms with Crippen LogP contribution < -0.4 is 5.32 Å². The molecule has 3 rings (SSSR count). The third-order valence-corrected chi connectivity index (χ3v) is 4.47. The van der Waals surface area contributed by atoms with Crippen LogP contribution in [-0.4, -0.2) is 22.5 Å². The van der Waals surface area contributed by atoms with Crippen LogP contribution in [-0.2, 0) is 16.5 Å². The van der Waals surface area contributed by atoms with Crippen molar-refractivity contribution in [2.45, 2.75) is 37.9 Å². The van der Waals surface area contributed by atoms with Crippen molar-refractivity contribution in [3.05, 3.63) is 53.3 Å². The van der Waals surface area contributed by atoms with Gasteiger partial charge in [-0.05, 0) is 37.8 Å². The van der Waals surface area contributed by atoms with E-state index in [0.29, 0.717) is 12.8 Å². The van der Waals surface area contributed by atoms with Crippen molar-refractivity contribution in [3.8, 4) is 0 Å². The number of ether oxygens (including phenoxy) is 1. The van der Waals surface area contributed by atoms with Gasteiger partial charge in [-0.15, -0.1) is 0 Å². The van der Waals surface area contributed by atoms with Crippen LogP contribution in [0.2, 0.25) is 0 Å². The van der Waals surface area contributed by atoms with Crippen molar-refractivity contribution in [1.82, 2.24) is 9.97 Å².